The summed E-state index contributed by atoms with van der Waals surface area (Å²) in [6, 6.07) is 11.5. The van der Waals surface area contributed by atoms with Gasteiger partial charge in [-0.05, 0) is 94.8 Å². The molecular formula is C29H36F3N3O4. The molecule has 2 amide bonds. The molecule has 2 aromatic rings. The molecule has 3 atom stereocenters. The van der Waals surface area contributed by atoms with Gasteiger partial charge in [0.2, 0.25) is 5.91 Å². The third kappa shape index (κ3) is 8.54. The monoisotopic (exact) mass is 547 g/mol. The number of halogens is 3. The molecule has 2 aromatic carbocycles. The first-order valence-corrected chi connectivity index (χ1v) is 13.1. The molecule has 3 N–H and O–H groups in total. The number of alkyl halides is 3. The summed E-state index contributed by atoms with van der Waals surface area (Å²) in [6.07, 6.45) is -0.680. The van der Waals surface area contributed by atoms with Crippen molar-refractivity contribution in [1.29, 1.82) is 0 Å². The van der Waals surface area contributed by atoms with E-state index in [1.807, 2.05) is 6.07 Å². The largest absolute Gasteiger partial charge is 0.478 e. The van der Waals surface area contributed by atoms with Gasteiger partial charge >= 0.3 is 12.1 Å². The molecule has 0 radical (unpaired) electrons. The maximum absolute atomic E-state index is 13.0. The number of carbonyl (C=O) groups is 3. The Bertz CT molecular complexity index is 1170. The molecular weight excluding hydrogens is 511 g/mol. The van der Waals surface area contributed by atoms with Crippen LogP contribution in [0.2, 0.25) is 0 Å². The van der Waals surface area contributed by atoms with Crippen molar-refractivity contribution in [3.63, 3.8) is 0 Å². The van der Waals surface area contributed by atoms with Crippen LogP contribution in [0, 0.1) is 5.92 Å². The van der Waals surface area contributed by atoms with Crippen molar-refractivity contribution in [2.24, 2.45) is 5.92 Å². The molecule has 3 unspecified atom stereocenters. The van der Waals surface area contributed by atoms with Gasteiger partial charge in [-0.2, -0.15) is 13.2 Å². The molecule has 1 fully saturated rings. The van der Waals surface area contributed by atoms with Gasteiger partial charge in [-0.25, -0.2) is 4.79 Å². The van der Waals surface area contributed by atoms with Gasteiger partial charge in [0, 0.05) is 23.7 Å². The van der Waals surface area contributed by atoms with E-state index < -0.39 is 29.5 Å². The van der Waals surface area contributed by atoms with Crippen molar-refractivity contribution >= 4 is 17.8 Å². The van der Waals surface area contributed by atoms with E-state index in [0.717, 1.165) is 49.4 Å². The molecule has 1 aliphatic carbocycles. The molecule has 1 aliphatic rings. The first-order chi connectivity index (χ1) is 18.3. The van der Waals surface area contributed by atoms with Gasteiger partial charge in [0.15, 0.2) is 0 Å². The summed E-state index contributed by atoms with van der Waals surface area (Å²) in [5, 5.41) is 14.7. The highest BCUT2D eigenvalue weighted by atomic mass is 19.4. The Balaban J connectivity index is 1.63. The van der Waals surface area contributed by atoms with Gasteiger partial charge in [0.05, 0.1) is 17.7 Å². The quantitative estimate of drug-likeness (QED) is 0.399. The van der Waals surface area contributed by atoms with E-state index in [1.54, 1.807) is 18.2 Å². The molecule has 212 valence electrons. The molecule has 0 aromatic heterocycles. The molecule has 0 bridgehead atoms. The predicted molar refractivity (Wildman–Crippen MR) is 141 cm³/mol. The van der Waals surface area contributed by atoms with Crippen molar-refractivity contribution in [3.05, 3.63) is 70.8 Å². The fourth-order valence-corrected chi connectivity index (χ4v) is 5.11. The number of amides is 2. The Labute approximate surface area is 226 Å². The van der Waals surface area contributed by atoms with Crippen LogP contribution in [-0.4, -0.2) is 59.5 Å². The zero-order valence-corrected chi connectivity index (χ0v) is 22.4. The molecule has 0 heterocycles. The summed E-state index contributed by atoms with van der Waals surface area (Å²) in [4.78, 5) is 38.8. The molecule has 7 nitrogen and oxygen atoms in total. The molecule has 1 saturated carbocycles. The Hall–Kier alpha value is -3.40. The molecule has 39 heavy (non-hydrogen) atoms. The van der Waals surface area contributed by atoms with Crippen molar-refractivity contribution in [3.8, 4) is 0 Å². The van der Waals surface area contributed by atoms with Gasteiger partial charge in [-0.1, -0.05) is 18.2 Å². The van der Waals surface area contributed by atoms with Crippen LogP contribution < -0.4 is 10.6 Å². The van der Waals surface area contributed by atoms with Gasteiger partial charge in [-0.3, -0.25) is 9.59 Å². The van der Waals surface area contributed by atoms with Crippen LogP contribution in [0.5, 0.6) is 0 Å². The average Bonchev–Trinajstić information content (AvgIpc) is 2.90. The first-order valence-electron chi connectivity index (χ1n) is 13.1. The number of nitrogens with zero attached hydrogens (tertiary/aromatic N) is 1. The number of nitrogens with one attached hydrogen (secondary N) is 2. The second-order valence-electron chi connectivity index (χ2n) is 10.5. The van der Waals surface area contributed by atoms with Crippen LogP contribution in [0.25, 0.3) is 0 Å². The number of carboxylic acid groups (broad SMARTS) is 1. The van der Waals surface area contributed by atoms with Gasteiger partial charge in [0.25, 0.3) is 5.91 Å². The summed E-state index contributed by atoms with van der Waals surface area (Å²) in [7, 11) is 2.09. The van der Waals surface area contributed by atoms with Crippen molar-refractivity contribution in [2.45, 2.75) is 70.3 Å². The van der Waals surface area contributed by atoms with Crippen LogP contribution in [0.15, 0.2) is 48.5 Å². The van der Waals surface area contributed by atoms with Crippen LogP contribution in [0.3, 0.4) is 0 Å². The van der Waals surface area contributed by atoms with Crippen molar-refractivity contribution in [2.75, 3.05) is 13.6 Å². The smallest absolute Gasteiger partial charge is 0.416 e. The van der Waals surface area contributed by atoms with Gasteiger partial charge in [0.1, 0.15) is 0 Å². The normalized spacial score (nSPS) is 19.6. The molecule has 10 heteroatoms. The zero-order chi connectivity index (χ0) is 28.7. The van der Waals surface area contributed by atoms with Crippen LogP contribution in [0.4, 0.5) is 13.2 Å². The summed E-state index contributed by atoms with van der Waals surface area (Å²) < 4.78 is 38.9. The lowest BCUT2D eigenvalue weighted by Crippen LogP contribution is -2.51. The number of carboxylic acids is 1. The maximum atomic E-state index is 13.0. The Morgan fingerprint density at radius 2 is 1.74 bits per heavy atom. The number of rotatable bonds is 10. The number of hydrogen-bond acceptors (Lipinski definition) is 4. The summed E-state index contributed by atoms with van der Waals surface area (Å²) in [6.45, 7) is 3.91. The topological polar surface area (TPSA) is 98.7 Å². The summed E-state index contributed by atoms with van der Waals surface area (Å²) in [5.41, 5.74) is 0.0402. The lowest BCUT2D eigenvalue weighted by Gasteiger charge is -2.42. The standard InChI is InChI=1S/C29H36F3N3O4/c1-18(2)35(3)24-12-13-25(20(16-24)11-10-19-6-4-8-22(14-19)28(38)39)34-26(36)17-33-27(37)21-7-5-9-23(15-21)29(30,31)32/h4-9,14-15,18,20,24-25H,10-13,16-17H2,1-3H3,(H,33,37)(H,34,36)(H,38,39). The summed E-state index contributed by atoms with van der Waals surface area (Å²) >= 11 is 0. The van der Waals surface area contributed by atoms with E-state index in [2.05, 4.69) is 36.4 Å². The Morgan fingerprint density at radius 1 is 1.05 bits per heavy atom. The molecule has 0 aliphatic heterocycles. The van der Waals surface area contributed by atoms with Crippen LogP contribution in [-0.2, 0) is 17.4 Å². The van der Waals surface area contributed by atoms with E-state index in [1.165, 1.54) is 6.07 Å². The van der Waals surface area contributed by atoms with E-state index in [-0.39, 0.29) is 29.6 Å². The van der Waals surface area contributed by atoms with Gasteiger partial charge in [-0.15, -0.1) is 0 Å². The minimum Gasteiger partial charge on any atom is -0.478 e. The first kappa shape index (κ1) is 30.1. The van der Waals surface area contributed by atoms with E-state index in [9.17, 15) is 32.7 Å². The van der Waals surface area contributed by atoms with E-state index >= 15 is 0 Å². The Kier molecular flexibility index (Phi) is 10.1. The summed E-state index contributed by atoms with van der Waals surface area (Å²) in [5.74, 6) is -2.02. The van der Waals surface area contributed by atoms with E-state index in [0.29, 0.717) is 18.5 Å². The highest BCUT2D eigenvalue weighted by Gasteiger charge is 2.34. The molecule has 0 spiro atoms. The number of carbonyl (C=O) groups excluding carboxylic acids is 2. The number of hydrogen-bond donors (Lipinski definition) is 3. The highest BCUT2D eigenvalue weighted by Crippen LogP contribution is 2.32. The second-order valence-corrected chi connectivity index (χ2v) is 10.5. The van der Waals surface area contributed by atoms with Crippen LogP contribution >= 0.6 is 0 Å². The molecule has 3 rings (SSSR count). The number of aromatic carboxylic acids is 1. The third-order valence-electron chi connectivity index (χ3n) is 7.53. The molecule has 0 saturated heterocycles. The van der Waals surface area contributed by atoms with Crippen molar-refractivity contribution in [1.82, 2.24) is 15.5 Å². The average molecular weight is 548 g/mol. The van der Waals surface area contributed by atoms with Gasteiger partial charge < -0.3 is 20.6 Å². The van der Waals surface area contributed by atoms with Crippen molar-refractivity contribution < 1.29 is 32.7 Å². The number of aryl methyl sites for hydroxylation is 1. The van der Waals surface area contributed by atoms with Crippen LogP contribution in [0.1, 0.15) is 71.4 Å². The lowest BCUT2D eigenvalue weighted by molar-refractivity contribution is -0.137. The minimum absolute atomic E-state index is 0.126. The van der Waals surface area contributed by atoms with E-state index in [4.69, 9.17) is 0 Å². The third-order valence-corrected chi connectivity index (χ3v) is 7.53. The highest BCUT2D eigenvalue weighted by molar-refractivity contribution is 5.96. The lowest BCUT2D eigenvalue weighted by atomic mass is 9.77. The zero-order valence-electron chi connectivity index (χ0n) is 22.4. The SMILES string of the molecule is CC(C)N(C)C1CCC(NC(=O)CNC(=O)c2cccc(C(F)(F)F)c2)C(CCc2cccc(C(=O)O)c2)C1. The second kappa shape index (κ2) is 13.1. The maximum Gasteiger partial charge on any atom is 0.416 e. The Morgan fingerprint density at radius 3 is 2.41 bits per heavy atom. The minimum atomic E-state index is -4.57. The predicted octanol–water partition coefficient (Wildman–Crippen LogP) is 4.76. The number of benzene rings is 2. The fourth-order valence-electron chi connectivity index (χ4n) is 5.11. The fraction of sp³-hybridized carbons (Fsp3) is 0.483.